The van der Waals surface area contributed by atoms with E-state index in [0.29, 0.717) is 0 Å². The molecular weight excluding hydrogens is 365 g/mol. The van der Waals surface area contributed by atoms with Crippen LogP contribution >= 0.6 is 0 Å². The van der Waals surface area contributed by atoms with Crippen molar-refractivity contribution < 1.29 is 175 Å². The molecule has 0 fully saturated rings. The Balaban J connectivity index is -0.000000270. The van der Waals surface area contributed by atoms with Crippen molar-refractivity contribution in [2.75, 3.05) is 0 Å². The SMILES string of the molecule is C[C-](C)c1[c-]c[c-]c[c-]1.[Rb+].[Rb+].[Rb+]. The molecule has 0 saturated heterocycles. The molecule has 12 heavy (non-hydrogen) atoms. The summed E-state index contributed by atoms with van der Waals surface area (Å²) in [6.45, 7) is 4.09. The van der Waals surface area contributed by atoms with Gasteiger partial charge in [0, 0.05) is 0 Å². The molecule has 48 valence electrons. The van der Waals surface area contributed by atoms with E-state index < -0.39 is 0 Å². The summed E-state index contributed by atoms with van der Waals surface area (Å²) >= 11 is 0. The monoisotopic (exact) mass is 371 g/mol. The summed E-state index contributed by atoms with van der Waals surface area (Å²) < 4.78 is 0. The molecule has 0 aliphatic rings. The first-order chi connectivity index (χ1) is 4.30. The maximum Gasteiger partial charge on any atom is 1.00 e. The molecule has 0 N–H and O–H groups in total. The zero-order valence-electron chi connectivity index (χ0n) is 8.65. The minimum absolute atomic E-state index is 0. The van der Waals surface area contributed by atoms with Crippen LogP contribution in [0.1, 0.15) is 19.4 Å². The van der Waals surface area contributed by atoms with Gasteiger partial charge in [-0.25, -0.2) is 0 Å². The van der Waals surface area contributed by atoms with Crippen molar-refractivity contribution in [3.8, 4) is 0 Å². The Hall–Kier alpha value is 4.51. The van der Waals surface area contributed by atoms with Crippen molar-refractivity contribution in [1.82, 2.24) is 0 Å². The van der Waals surface area contributed by atoms with Gasteiger partial charge in [-0.15, -0.1) is 0 Å². The van der Waals surface area contributed by atoms with Gasteiger partial charge >= 0.3 is 175 Å². The molecule has 0 bridgehead atoms. The predicted octanol–water partition coefficient (Wildman–Crippen LogP) is -6.94. The van der Waals surface area contributed by atoms with Gasteiger partial charge in [0.2, 0.25) is 0 Å². The van der Waals surface area contributed by atoms with Gasteiger partial charge in [0.15, 0.2) is 0 Å². The summed E-state index contributed by atoms with van der Waals surface area (Å²) in [5.74, 6) is 1.24. The standard InChI is InChI=1S/C9H8.3Rb/c1-8(2)9-6-4-3-5-7-9;;;/h4-5H,1-2H3;;;/q-4;3*+1. The van der Waals surface area contributed by atoms with Crippen LogP contribution in [0.3, 0.4) is 0 Å². The maximum atomic E-state index is 3.02. The Labute approximate surface area is 222 Å². The fourth-order valence-corrected chi connectivity index (χ4v) is 0.600. The Kier molecular flexibility index (Phi) is 24.6. The van der Waals surface area contributed by atoms with Gasteiger partial charge in [0.05, 0.1) is 0 Å². The molecule has 0 heterocycles. The zero-order valence-corrected chi connectivity index (χ0v) is 23.4. The van der Waals surface area contributed by atoms with Gasteiger partial charge in [-0.1, -0.05) is 0 Å². The van der Waals surface area contributed by atoms with E-state index in [0.717, 1.165) is 5.56 Å². The second-order valence-electron chi connectivity index (χ2n) is 2.12. The molecule has 0 radical (unpaired) electrons. The molecule has 0 nitrogen and oxygen atoms in total. The van der Waals surface area contributed by atoms with Crippen LogP contribution < -0.4 is 175 Å². The van der Waals surface area contributed by atoms with E-state index in [9.17, 15) is 0 Å². The van der Waals surface area contributed by atoms with Crippen LogP contribution in [0.4, 0.5) is 0 Å². The normalized spacial score (nSPS) is 6.83. The Morgan fingerprint density at radius 3 is 1.67 bits per heavy atom. The van der Waals surface area contributed by atoms with Gasteiger partial charge in [-0.3, -0.25) is 0 Å². The van der Waals surface area contributed by atoms with Gasteiger partial charge in [-0.05, 0) is 0 Å². The second kappa shape index (κ2) is 13.6. The van der Waals surface area contributed by atoms with Gasteiger partial charge < -0.3 is 41.8 Å². The summed E-state index contributed by atoms with van der Waals surface area (Å²) in [5.41, 5.74) is 1.05. The summed E-state index contributed by atoms with van der Waals surface area (Å²) in [4.78, 5) is 0. The predicted molar refractivity (Wildman–Crippen MR) is 36.6 cm³/mol. The Morgan fingerprint density at radius 2 is 1.42 bits per heavy atom. The number of rotatable bonds is 1. The molecule has 0 saturated carbocycles. The van der Waals surface area contributed by atoms with E-state index in [1.807, 2.05) is 13.8 Å². The number of benzene rings is 1. The van der Waals surface area contributed by atoms with E-state index >= 15 is 0 Å². The molecule has 1 rings (SSSR count). The fourth-order valence-electron chi connectivity index (χ4n) is 0.600. The maximum absolute atomic E-state index is 3.02. The van der Waals surface area contributed by atoms with E-state index in [1.54, 1.807) is 12.1 Å². The number of hydrogen-bond donors (Lipinski definition) is 0. The van der Waals surface area contributed by atoms with E-state index in [-0.39, 0.29) is 175 Å². The van der Waals surface area contributed by atoms with Gasteiger partial charge in [0.25, 0.3) is 0 Å². The average Bonchev–Trinajstić information content (AvgIpc) is 1.90. The van der Waals surface area contributed by atoms with Crippen LogP contribution in [0.5, 0.6) is 0 Å². The molecule has 0 aromatic heterocycles. The van der Waals surface area contributed by atoms with Crippen molar-refractivity contribution in [2.45, 2.75) is 13.8 Å². The molecule has 3 heteroatoms. The fraction of sp³-hybridized carbons (Fsp3) is 0.222. The average molecular weight is 373 g/mol. The first-order valence-corrected chi connectivity index (χ1v) is 2.90. The van der Waals surface area contributed by atoms with Crippen molar-refractivity contribution in [1.29, 1.82) is 0 Å². The van der Waals surface area contributed by atoms with Crippen LogP contribution in [-0.2, 0) is 0 Å². The number of hydrogen-bond acceptors (Lipinski definition) is 0. The molecule has 0 amide bonds. The van der Waals surface area contributed by atoms with Gasteiger partial charge in [-0.2, -0.15) is 13.8 Å². The molecule has 0 atom stereocenters. The van der Waals surface area contributed by atoms with Crippen LogP contribution in [-0.4, -0.2) is 0 Å². The third kappa shape index (κ3) is 9.71. The van der Waals surface area contributed by atoms with Crippen molar-refractivity contribution in [2.24, 2.45) is 0 Å². The molecule has 0 unspecified atom stereocenters. The first kappa shape index (κ1) is 21.8. The minimum atomic E-state index is 0. The molecule has 1 aromatic carbocycles. The zero-order chi connectivity index (χ0) is 6.69. The van der Waals surface area contributed by atoms with E-state index in [2.05, 4.69) is 18.2 Å². The quantitative estimate of drug-likeness (QED) is 0.430. The van der Waals surface area contributed by atoms with Crippen molar-refractivity contribution in [3.05, 3.63) is 41.8 Å². The van der Waals surface area contributed by atoms with Gasteiger partial charge in [0.1, 0.15) is 0 Å². The molecule has 1 aromatic rings. The first-order valence-electron chi connectivity index (χ1n) is 2.90. The Morgan fingerprint density at radius 1 is 1.00 bits per heavy atom. The molecular formula is C9H8Rb3-. The summed E-state index contributed by atoms with van der Waals surface area (Å²) in [6, 6.07) is 12.5. The van der Waals surface area contributed by atoms with Crippen LogP contribution in [0, 0.1) is 24.1 Å². The Bertz CT molecular complexity index is 172. The van der Waals surface area contributed by atoms with E-state index in [4.69, 9.17) is 0 Å². The summed E-state index contributed by atoms with van der Waals surface area (Å²) in [5, 5.41) is 0. The van der Waals surface area contributed by atoms with E-state index in [1.165, 1.54) is 5.92 Å². The molecule has 0 spiro atoms. The molecule has 0 aliphatic heterocycles. The van der Waals surface area contributed by atoms with Crippen molar-refractivity contribution in [3.63, 3.8) is 0 Å². The summed E-state index contributed by atoms with van der Waals surface area (Å²) in [6.07, 6.45) is 0. The third-order valence-electron chi connectivity index (χ3n) is 1.10. The minimum Gasteiger partial charge on any atom is -0.571 e. The summed E-state index contributed by atoms with van der Waals surface area (Å²) in [7, 11) is 0. The topological polar surface area (TPSA) is 0 Å². The smallest absolute Gasteiger partial charge is 0.571 e. The van der Waals surface area contributed by atoms with Crippen LogP contribution in [0.25, 0.3) is 0 Å². The third-order valence-corrected chi connectivity index (χ3v) is 1.10. The molecule has 0 aliphatic carbocycles. The second-order valence-corrected chi connectivity index (χ2v) is 2.12. The largest absolute Gasteiger partial charge is 1.00 e. The van der Waals surface area contributed by atoms with Crippen LogP contribution in [0.2, 0.25) is 0 Å². The van der Waals surface area contributed by atoms with Crippen LogP contribution in [0.15, 0.2) is 12.1 Å². The van der Waals surface area contributed by atoms with Crippen molar-refractivity contribution >= 4 is 0 Å².